The lowest BCUT2D eigenvalue weighted by atomic mass is 10.1. The number of hydrogen-bond acceptors (Lipinski definition) is 5. The molecule has 1 heterocycles. The maximum atomic E-state index is 11.0. The van der Waals surface area contributed by atoms with Crippen molar-refractivity contribution < 1.29 is 24.5 Å². The molecule has 0 bridgehead atoms. The fourth-order valence-electron chi connectivity index (χ4n) is 1.07. The molecule has 6 heteroatoms. The van der Waals surface area contributed by atoms with Crippen molar-refractivity contribution in [2.24, 2.45) is 0 Å². The average molecular weight is 225 g/mol. The van der Waals surface area contributed by atoms with E-state index in [1.54, 1.807) is 0 Å². The first-order valence-electron chi connectivity index (χ1n) is 4.48. The number of pyridine rings is 1. The highest BCUT2D eigenvalue weighted by Crippen LogP contribution is 2.04. The maximum absolute atomic E-state index is 11.0. The summed E-state index contributed by atoms with van der Waals surface area (Å²) in [6.07, 6.45) is -0.316. The Balaban J connectivity index is 2.72. The third-order valence-corrected chi connectivity index (χ3v) is 1.93. The van der Waals surface area contributed by atoms with E-state index in [1.807, 2.05) is 0 Å². The molecule has 0 fully saturated rings. The van der Waals surface area contributed by atoms with Crippen LogP contribution < -0.4 is 0 Å². The number of rotatable bonds is 4. The first-order valence-corrected chi connectivity index (χ1v) is 4.48. The van der Waals surface area contributed by atoms with Crippen LogP contribution in [-0.4, -0.2) is 40.3 Å². The minimum absolute atomic E-state index is 0.100. The van der Waals surface area contributed by atoms with Crippen molar-refractivity contribution in [3.8, 4) is 0 Å². The number of hydrogen-bond donors (Lipinski definition) is 2. The van der Waals surface area contributed by atoms with Gasteiger partial charge in [0.15, 0.2) is 6.10 Å². The Morgan fingerprint density at radius 3 is 2.62 bits per heavy atom. The van der Waals surface area contributed by atoms with Crippen LogP contribution in [0.3, 0.4) is 0 Å². The Labute approximate surface area is 91.5 Å². The van der Waals surface area contributed by atoms with Crippen LogP contribution in [0.15, 0.2) is 18.3 Å². The van der Waals surface area contributed by atoms with Crippen LogP contribution >= 0.6 is 0 Å². The van der Waals surface area contributed by atoms with Gasteiger partial charge in [0, 0.05) is 18.3 Å². The van der Waals surface area contributed by atoms with E-state index in [1.165, 1.54) is 25.4 Å². The van der Waals surface area contributed by atoms with E-state index in [0.29, 0.717) is 5.69 Å². The second-order valence-electron chi connectivity index (χ2n) is 3.09. The van der Waals surface area contributed by atoms with Gasteiger partial charge < -0.3 is 14.9 Å². The Morgan fingerprint density at radius 1 is 1.50 bits per heavy atom. The first-order chi connectivity index (χ1) is 7.54. The molecule has 16 heavy (non-hydrogen) atoms. The summed E-state index contributed by atoms with van der Waals surface area (Å²) in [4.78, 5) is 25.3. The number of methoxy groups -OCH3 is 1. The topological polar surface area (TPSA) is 96.7 Å². The summed E-state index contributed by atoms with van der Waals surface area (Å²) in [6.45, 7) is 0. The van der Waals surface area contributed by atoms with Crippen LogP contribution in [0.25, 0.3) is 0 Å². The zero-order valence-electron chi connectivity index (χ0n) is 8.58. The summed E-state index contributed by atoms with van der Waals surface area (Å²) in [5.41, 5.74) is 0.665. The fraction of sp³-hybridized carbons (Fsp3) is 0.300. The van der Waals surface area contributed by atoms with Gasteiger partial charge in [0.05, 0.1) is 12.7 Å². The summed E-state index contributed by atoms with van der Waals surface area (Å²) in [6, 6.07) is 2.93. The zero-order valence-corrected chi connectivity index (χ0v) is 8.58. The van der Waals surface area contributed by atoms with Gasteiger partial charge in [-0.3, -0.25) is 4.98 Å². The second kappa shape index (κ2) is 5.22. The molecule has 1 aromatic rings. The minimum atomic E-state index is -1.49. The van der Waals surface area contributed by atoms with Crippen molar-refractivity contribution in [2.75, 3.05) is 7.11 Å². The number of ether oxygens (including phenoxy) is 1. The lowest BCUT2D eigenvalue weighted by molar-refractivity contribution is -0.146. The molecule has 6 nitrogen and oxygen atoms in total. The van der Waals surface area contributed by atoms with Crippen molar-refractivity contribution in [3.63, 3.8) is 0 Å². The number of carbonyl (C=O) groups is 2. The van der Waals surface area contributed by atoms with Crippen molar-refractivity contribution in [1.82, 2.24) is 4.98 Å². The summed E-state index contributed by atoms with van der Waals surface area (Å²) >= 11 is 0. The Morgan fingerprint density at radius 2 is 2.19 bits per heavy atom. The van der Waals surface area contributed by atoms with Gasteiger partial charge in [0.2, 0.25) is 0 Å². The minimum Gasteiger partial charge on any atom is -0.479 e. The molecule has 0 aliphatic heterocycles. The SMILES string of the molecule is COC(=O)c1ccc(CC(O)C(=O)O)nc1. The Hall–Kier alpha value is -1.95. The second-order valence-corrected chi connectivity index (χ2v) is 3.09. The van der Waals surface area contributed by atoms with Crippen LogP contribution in [0, 0.1) is 0 Å². The number of aliphatic carboxylic acids is 1. The van der Waals surface area contributed by atoms with Crippen LogP contribution in [0.1, 0.15) is 16.1 Å². The number of carboxylic acid groups (broad SMARTS) is 1. The van der Waals surface area contributed by atoms with Crippen LogP contribution in [0.5, 0.6) is 0 Å². The molecular formula is C10H11NO5. The van der Waals surface area contributed by atoms with E-state index >= 15 is 0 Å². The third-order valence-electron chi connectivity index (χ3n) is 1.93. The highest BCUT2D eigenvalue weighted by molar-refractivity contribution is 5.88. The standard InChI is InChI=1S/C10H11NO5/c1-16-10(15)6-2-3-7(11-5-6)4-8(12)9(13)14/h2-3,5,8,12H,4H2,1H3,(H,13,14). The number of carboxylic acids is 1. The number of nitrogens with zero attached hydrogens (tertiary/aromatic N) is 1. The van der Waals surface area contributed by atoms with Gasteiger partial charge in [0.1, 0.15) is 0 Å². The fourth-order valence-corrected chi connectivity index (χ4v) is 1.07. The molecule has 0 radical (unpaired) electrons. The van der Waals surface area contributed by atoms with Crippen LogP contribution in [0.4, 0.5) is 0 Å². The van der Waals surface area contributed by atoms with Gasteiger partial charge in [-0.25, -0.2) is 9.59 Å². The van der Waals surface area contributed by atoms with E-state index in [4.69, 9.17) is 10.2 Å². The molecule has 0 saturated heterocycles. The summed E-state index contributed by atoms with van der Waals surface area (Å²) < 4.78 is 4.47. The highest BCUT2D eigenvalue weighted by atomic mass is 16.5. The van der Waals surface area contributed by atoms with Gasteiger partial charge in [0.25, 0.3) is 0 Å². The lowest BCUT2D eigenvalue weighted by Crippen LogP contribution is -2.22. The maximum Gasteiger partial charge on any atom is 0.339 e. The van der Waals surface area contributed by atoms with Crippen molar-refractivity contribution >= 4 is 11.9 Å². The number of carbonyl (C=O) groups excluding carboxylic acids is 1. The van der Waals surface area contributed by atoms with Gasteiger partial charge in [-0.2, -0.15) is 0 Å². The molecule has 0 saturated carbocycles. The van der Waals surface area contributed by atoms with Gasteiger partial charge in [-0.05, 0) is 12.1 Å². The Bertz CT molecular complexity index is 387. The van der Waals surface area contributed by atoms with Crippen LogP contribution in [0.2, 0.25) is 0 Å². The molecule has 1 aromatic heterocycles. The molecule has 0 aliphatic rings. The van der Waals surface area contributed by atoms with Crippen molar-refractivity contribution in [3.05, 3.63) is 29.6 Å². The first kappa shape index (κ1) is 12.1. The van der Waals surface area contributed by atoms with E-state index in [0.717, 1.165) is 0 Å². The largest absolute Gasteiger partial charge is 0.479 e. The molecule has 1 atom stereocenters. The zero-order chi connectivity index (χ0) is 12.1. The van der Waals surface area contributed by atoms with Crippen molar-refractivity contribution in [2.45, 2.75) is 12.5 Å². The highest BCUT2D eigenvalue weighted by Gasteiger charge is 2.14. The number of aliphatic hydroxyl groups excluding tert-OH is 1. The number of aromatic nitrogens is 1. The van der Waals surface area contributed by atoms with Crippen molar-refractivity contribution in [1.29, 1.82) is 0 Å². The molecular weight excluding hydrogens is 214 g/mol. The summed E-state index contributed by atoms with van der Waals surface area (Å²) in [5, 5.41) is 17.5. The molecule has 86 valence electrons. The normalized spacial score (nSPS) is 11.9. The molecule has 0 spiro atoms. The molecule has 2 N–H and O–H groups in total. The third kappa shape index (κ3) is 3.03. The lowest BCUT2D eigenvalue weighted by Gasteiger charge is -2.05. The predicted octanol–water partition coefficient (Wildman–Crippen LogP) is -0.144. The van der Waals surface area contributed by atoms with E-state index in [-0.39, 0.29) is 12.0 Å². The number of aliphatic hydroxyl groups is 1. The smallest absolute Gasteiger partial charge is 0.339 e. The van der Waals surface area contributed by atoms with Crippen LogP contribution in [-0.2, 0) is 16.0 Å². The van der Waals surface area contributed by atoms with E-state index < -0.39 is 18.0 Å². The van der Waals surface area contributed by atoms with Gasteiger partial charge in [-0.1, -0.05) is 0 Å². The molecule has 0 amide bonds. The predicted molar refractivity (Wildman–Crippen MR) is 52.9 cm³/mol. The van der Waals surface area contributed by atoms with E-state index in [2.05, 4.69) is 9.72 Å². The molecule has 0 aromatic carbocycles. The summed E-state index contributed by atoms with van der Waals surface area (Å²) in [7, 11) is 1.25. The molecule has 1 unspecified atom stereocenters. The summed E-state index contributed by atoms with van der Waals surface area (Å²) in [5.74, 6) is -1.82. The molecule has 1 rings (SSSR count). The van der Waals surface area contributed by atoms with Gasteiger partial charge >= 0.3 is 11.9 Å². The Kier molecular flexibility index (Phi) is 3.96. The van der Waals surface area contributed by atoms with E-state index in [9.17, 15) is 9.59 Å². The quantitative estimate of drug-likeness (QED) is 0.692. The molecule has 0 aliphatic carbocycles. The van der Waals surface area contributed by atoms with Gasteiger partial charge in [-0.15, -0.1) is 0 Å². The monoisotopic (exact) mass is 225 g/mol. The average Bonchev–Trinajstić information content (AvgIpc) is 2.28. The number of esters is 1.